The van der Waals surface area contributed by atoms with E-state index in [4.69, 9.17) is 4.98 Å². The van der Waals surface area contributed by atoms with Crippen molar-refractivity contribution in [2.75, 3.05) is 7.05 Å². The summed E-state index contributed by atoms with van der Waals surface area (Å²) in [6.45, 7) is 0. The van der Waals surface area contributed by atoms with Crippen LogP contribution >= 0.6 is 15.9 Å². The number of nitrogens with one attached hydrogen (secondary N) is 1. The number of hydrogen-bond donors (Lipinski definition) is 1. The minimum Gasteiger partial charge on any atom is -0.331 e. The molecule has 0 aliphatic heterocycles. The van der Waals surface area contributed by atoms with E-state index < -0.39 is 0 Å². The highest BCUT2D eigenvalue weighted by Gasteiger charge is 2.16. The quantitative estimate of drug-likeness (QED) is 0.779. The van der Waals surface area contributed by atoms with Gasteiger partial charge >= 0.3 is 0 Å². The Balaban J connectivity index is 1.96. The topological polar surface area (TPSA) is 29.9 Å². The molecule has 0 saturated heterocycles. The number of aryl methyl sites for hydroxylation is 1. The summed E-state index contributed by atoms with van der Waals surface area (Å²) in [5.41, 5.74) is 3.48. The standard InChI is InChI=1S/C17H18BrN3/c1-19-15(12-7-3-4-8-13(12)18)11-17-20-14-9-5-6-10-16(14)21(17)2/h3-10,15,19H,11H2,1-2H3. The molecule has 21 heavy (non-hydrogen) atoms. The number of rotatable bonds is 4. The van der Waals surface area contributed by atoms with E-state index in [2.05, 4.69) is 69.3 Å². The van der Waals surface area contributed by atoms with Crippen molar-refractivity contribution < 1.29 is 0 Å². The molecule has 2 aromatic carbocycles. The minimum absolute atomic E-state index is 0.232. The zero-order chi connectivity index (χ0) is 14.8. The summed E-state index contributed by atoms with van der Waals surface area (Å²) < 4.78 is 3.30. The predicted molar refractivity (Wildman–Crippen MR) is 90.4 cm³/mol. The van der Waals surface area contributed by atoms with Gasteiger partial charge in [0, 0.05) is 24.0 Å². The fourth-order valence-electron chi connectivity index (χ4n) is 2.69. The predicted octanol–water partition coefficient (Wildman–Crippen LogP) is 3.84. The van der Waals surface area contributed by atoms with E-state index in [-0.39, 0.29) is 6.04 Å². The molecule has 1 unspecified atom stereocenters. The fourth-order valence-corrected chi connectivity index (χ4v) is 3.25. The first-order valence-corrected chi connectivity index (χ1v) is 7.82. The van der Waals surface area contributed by atoms with Crippen LogP contribution in [0.1, 0.15) is 17.4 Å². The molecule has 0 aliphatic rings. The van der Waals surface area contributed by atoms with Crippen molar-refractivity contribution in [1.29, 1.82) is 0 Å². The molecular weight excluding hydrogens is 326 g/mol. The molecule has 0 spiro atoms. The van der Waals surface area contributed by atoms with Crippen molar-refractivity contribution in [2.24, 2.45) is 7.05 Å². The third kappa shape index (κ3) is 2.74. The van der Waals surface area contributed by atoms with Crippen molar-refractivity contribution in [3.8, 4) is 0 Å². The smallest absolute Gasteiger partial charge is 0.111 e. The maximum atomic E-state index is 4.76. The molecule has 0 radical (unpaired) electrons. The van der Waals surface area contributed by atoms with Crippen LogP contribution in [0.15, 0.2) is 53.0 Å². The third-order valence-electron chi connectivity index (χ3n) is 3.90. The van der Waals surface area contributed by atoms with Crippen LogP contribution in [0.4, 0.5) is 0 Å². The van der Waals surface area contributed by atoms with Gasteiger partial charge in [0.05, 0.1) is 11.0 Å². The zero-order valence-electron chi connectivity index (χ0n) is 12.2. The van der Waals surface area contributed by atoms with E-state index in [1.807, 2.05) is 19.2 Å². The highest BCUT2D eigenvalue weighted by Crippen LogP contribution is 2.26. The van der Waals surface area contributed by atoms with E-state index in [0.29, 0.717) is 0 Å². The van der Waals surface area contributed by atoms with Crippen molar-refractivity contribution >= 4 is 27.0 Å². The molecular formula is C17H18BrN3. The van der Waals surface area contributed by atoms with Gasteiger partial charge in [-0.05, 0) is 30.8 Å². The number of likely N-dealkylation sites (N-methyl/N-ethyl adjacent to an activating group) is 1. The lowest BCUT2D eigenvalue weighted by molar-refractivity contribution is 0.564. The Bertz CT molecular complexity index is 764. The molecule has 3 aromatic rings. The maximum absolute atomic E-state index is 4.76. The highest BCUT2D eigenvalue weighted by molar-refractivity contribution is 9.10. The Morgan fingerprint density at radius 3 is 2.57 bits per heavy atom. The fraction of sp³-hybridized carbons (Fsp3) is 0.235. The number of imidazole rings is 1. The zero-order valence-corrected chi connectivity index (χ0v) is 13.8. The first-order valence-electron chi connectivity index (χ1n) is 7.02. The SMILES string of the molecule is CNC(Cc1nc2ccccc2n1C)c1ccccc1Br. The molecule has 0 fully saturated rings. The van der Waals surface area contributed by atoms with Crippen LogP contribution in [-0.2, 0) is 13.5 Å². The number of benzene rings is 2. The minimum atomic E-state index is 0.232. The molecule has 1 N–H and O–H groups in total. The first-order chi connectivity index (χ1) is 10.2. The second-order valence-corrected chi connectivity index (χ2v) is 6.00. The summed E-state index contributed by atoms with van der Waals surface area (Å²) in [5.74, 6) is 1.09. The Morgan fingerprint density at radius 2 is 1.86 bits per heavy atom. The molecule has 1 aromatic heterocycles. The largest absolute Gasteiger partial charge is 0.331 e. The van der Waals surface area contributed by atoms with Crippen LogP contribution in [0.5, 0.6) is 0 Å². The van der Waals surface area contributed by atoms with Gasteiger partial charge in [-0.1, -0.05) is 46.3 Å². The van der Waals surface area contributed by atoms with Gasteiger partial charge in [-0.3, -0.25) is 0 Å². The van der Waals surface area contributed by atoms with E-state index in [9.17, 15) is 0 Å². The second kappa shape index (κ2) is 6.00. The number of para-hydroxylation sites is 2. The van der Waals surface area contributed by atoms with Gasteiger partial charge in [0.1, 0.15) is 5.82 Å². The van der Waals surface area contributed by atoms with Crippen LogP contribution in [0.2, 0.25) is 0 Å². The summed E-state index contributed by atoms with van der Waals surface area (Å²) in [7, 11) is 4.07. The Morgan fingerprint density at radius 1 is 1.14 bits per heavy atom. The van der Waals surface area contributed by atoms with Crippen LogP contribution in [0.25, 0.3) is 11.0 Å². The first kappa shape index (κ1) is 14.3. The Labute approximate surface area is 133 Å². The molecule has 3 rings (SSSR count). The number of fused-ring (bicyclic) bond motifs is 1. The van der Waals surface area contributed by atoms with Crippen LogP contribution in [0.3, 0.4) is 0 Å². The van der Waals surface area contributed by atoms with E-state index in [1.54, 1.807) is 0 Å². The average molecular weight is 344 g/mol. The molecule has 0 aliphatic carbocycles. The molecule has 3 nitrogen and oxygen atoms in total. The van der Waals surface area contributed by atoms with Crippen molar-refractivity contribution in [3.63, 3.8) is 0 Å². The van der Waals surface area contributed by atoms with Gasteiger partial charge in [0.2, 0.25) is 0 Å². The Hall–Kier alpha value is -1.65. The normalized spacial score (nSPS) is 12.7. The van der Waals surface area contributed by atoms with E-state index >= 15 is 0 Å². The highest BCUT2D eigenvalue weighted by atomic mass is 79.9. The number of aromatic nitrogens is 2. The molecule has 0 saturated carbocycles. The lowest BCUT2D eigenvalue weighted by Gasteiger charge is -2.18. The number of halogens is 1. The number of nitrogens with zero attached hydrogens (tertiary/aromatic N) is 2. The summed E-state index contributed by atoms with van der Waals surface area (Å²) in [4.78, 5) is 4.76. The summed E-state index contributed by atoms with van der Waals surface area (Å²) >= 11 is 3.64. The lowest BCUT2D eigenvalue weighted by atomic mass is 10.0. The lowest BCUT2D eigenvalue weighted by Crippen LogP contribution is -2.20. The van der Waals surface area contributed by atoms with Crippen LogP contribution in [-0.4, -0.2) is 16.6 Å². The van der Waals surface area contributed by atoms with Crippen molar-refractivity contribution in [1.82, 2.24) is 14.9 Å². The molecule has 1 atom stereocenters. The average Bonchev–Trinajstić information content (AvgIpc) is 2.82. The molecule has 0 bridgehead atoms. The molecule has 4 heteroatoms. The van der Waals surface area contributed by atoms with Gasteiger partial charge in [-0.15, -0.1) is 0 Å². The molecule has 108 valence electrons. The van der Waals surface area contributed by atoms with Gasteiger partial charge in [-0.2, -0.15) is 0 Å². The third-order valence-corrected chi connectivity index (χ3v) is 4.62. The van der Waals surface area contributed by atoms with Gasteiger partial charge in [0.15, 0.2) is 0 Å². The summed E-state index contributed by atoms with van der Waals surface area (Å²) in [5, 5.41) is 3.40. The van der Waals surface area contributed by atoms with Gasteiger partial charge in [0.25, 0.3) is 0 Å². The van der Waals surface area contributed by atoms with Gasteiger partial charge in [-0.25, -0.2) is 4.98 Å². The van der Waals surface area contributed by atoms with Crippen molar-refractivity contribution in [2.45, 2.75) is 12.5 Å². The summed E-state index contributed by atoms with van der Waals surface area (Å²) in [6.07, 6.45) is 0.851. The second-order valence-electron chi connectivity index (χ2n) is 5.14. The van der Waals surface area contributed by atoms with Gasteiger partial charge < -0.3 is 9.88 Å². The summed E-state index contributed by atoms with van der Waals surface area (Å²) in [6, 6.07) is 16.8. The molecule has 0 amide bonds. The maximum Gasteiger partial charge on any atom is 0.111 e. The Kier molecular flexibility index (Phi) is 4.08. The van der Waals surface area contributed by atoms with Crippen LogP contribution in [0, 0.1) is 0 Å². The van der Waals surface area contributed by atoms with E-state index in [1.165, 1.54) is 11.1 Å². The molecule has 1 heterocycles. The monoisotopic (exact) mass is 343 g/mol. The van der Waals surface area contributed by atoms with E-state index in [0.717, 1.165) is 22.2 Å². The number of hydrogen-bond acceptors (Lipinski definition) is 2. The van der Waals surface area contributed by atoms with Crippen LogP contribution < -0.4 is 5.32 Å². The van der Waals surface area contributed by atoms with Crippen molar-refractivity contribution in [3.05, 3.63) is 64.4 Å².